The lowest BCUT2D eigenvalue weighted by molar-refractivity contribution is -0.141. The van der Waals surface area contributed by atoms with Crippen LogP contribution in [0.25, 0.3) is 11.3 Å². The van der Waals surface area contributed by atoms with Crippen molar-refractivity contribution in [2.75, 3.05) is 5.32 Å². The molecule has 0 saturated heterocycles. The topological polar surface area (TPSA) is 54.9 Å². The number of hydrogen-bond donors (Lipinski definition) is 1. The largest absolute Gasteiger partial charge is 0.433 e. The van der Waals surface area contributed by atoms with Crippen molar-refractivity contribution in [3.8, 4) is 11.3 Å². The van der Waals surface area contributed by atoms with E-state index in [0.29, 0.717) is 17.2 Å². The first kappa shape index (κ1) is 23.8. The predicted molar refractivity (Wildman–Crippen MR) is 122 cm³/mol. The van der Waals surface area contributed by atoms with Crippen molar-refractivity contribution < 1.29 is 18.0 Å². The zero-order valence-electron chi connectivity index (χ0n) is 18.0. The van der Waals surface area contributed by atoms with Crippen molar-refractivity contribution in [3.63, 3.8) is 0 Å². The average molecular weight is 460 g/mol. The molecule has 1 aromatic heterocycles. The van der Waals surface area contributed by atoms with E-state index < -0.39 is 17.1 Å². The Morgan fingerprint density at radius 3 is 2.28 bits per heavy atom. The van der Waals surface area contributed by atoms with Gasteiger partial charge in [0.25, 0.3) is 0 Å². The van der Waals surface area contributed by atoms with E-state index in [0.717, 1.165) is 24.2 Å². The van der Waals surface area contributed by atoms with E-state index in [1.165, 1.54) is 5.56 Å². The SMILES string of the molecule is CC[C@@H](C)c1ccc(NC(=O)[C@H](C)Sc2nc(-c3ccccc3)cc(C(F)(F)F)n2)cc1. The highest BCUT2D eigenvalue weighted by Crippen LogP contribution is 2.33. The predicted octanol–water partition coefficient (Wildman–Crippen LogP) is 6.80. The van der Waals surface area contributed by atoms with Gasteiger partial charge in [-0.15, -0.1) is 0 Å². The highest BCUT2D eigenvalue weighted by Gasteiger charge is 2.34. The van der Waals surface area contributed by atoms with Crippen molar-refractivity contribution >= 4 is 23.4 Å². The monoisotopic (exact) mass is 459 g/mol. The van der Waals surface area contributed by atoms with Crippen LogP contribution in [0.4, 0.5) is 18.9 Å². The van der Waals surface area contributed by atoms with Crippen LogP contribution < -0.4 is 5.32 Å². The van der Waals surface area contributed by atoms with Crippen LogP contribution in [0.2, 0.25) is 0 Å². The number of rotatable bonds is 7. The molecule has 32 heavy (non-hydrogen) atoms. The third kappa shape index (κ3) is 6.09. The molecular weight excluding hydrogens is 435 g/mol. The van der Waals surface area contributed by atoms with Crippen LogP contribution in [0, 0.1) is 0 Å². The molecule has 0 aliphatic heterocycles. The van der Waals surface area contributed by atoms with Gasteiger partial charge in [0.15, 0.2) is 5.16 Å². The normalized spacial score (nSPS) is 13.4. The highest BCUT2D eigenvalue weighted by molar-refractivity contribution is 8.00. The van der Waals surface area contributed by atoms with Gasteiger partial charge < -0.3 is 5.32 Å². The number of aromatic nitrogens is 2. The summed E-state index contributed by atoms with van der Waals surface area (Å²) in [6.07, 6.45) is -3.61. The molecule has 1 heterocycles. The third-order valence-electron chi connectivity index (χ3n) is 5.08. The number of anilines is 1. The molecule has 3 rings (SSSR count). The molecule has 0 bridgehead atoms. The summed E-state index contributed by atoms with van der Waals surface area (Å²) in [5.74, 6) is 0.0830. The maximum Gasteiger partial charge on any atom is 0.433 e. The van der Waals surface area contributed by atoms with Crippen LogP contribution in [0.5, 0.6) is 0 Å². The molecule has 0 fully saturated rings. The zero-order chi connectivity index (χ0) is 23.3. The van der Waals surface area contributed by atoms with Crippen molar-refractivity contribution in [3.05, 3.63) is 71.9 Å². The minimum absolute atomic E-state index is 0.103. The number of alkyl halides is 3. The molecule has 2 aromatic carbocycles. The zero-order valence-corrected chi connectivity index (χ0v) is 18.8. The number of benzene rings is 2. The lowest BCUT2D eigenvalue weighted by atomic mass is 9.99. The van der Waals surface area contributed by atoms with E-state index >= 15 is 0 Å². The molecule has 1 amide bonds. The lowest BCUT2D eigenvalue weighted by Crippen LogP contribution is -2.23. The van der Waals surface area contributed by atoms with Crippen molar-refractivity contribution in [2.45, 2.75) is 49.7 Å². The van der Waals surface area contributed by atoms with E-state index in [2.05, 4.69) is 29.1 Å². The highest BCUT2D eigenvalue weighted by atomic mass is 32.2. The molecule has 0 aliphatic carbocycles. The summed E-state index contributed by atoms with van der Waals surface area (Å²) in [6.45, 7) is 5.85. The average Bonchev–Trinajstić information content (AvgIpc) is 2.78. The Morgan fingerprint density at radius 2 is 1.69 bits per heavy atom. The summed E-state index contributed by atoms with van der Waals surface area (Å²) in [5.41, 5.74) is 1.47. The number of thioether (sulfide) groups is 1. The molecular formula is C24H24F3N3OS. The summed E-state index contributed by atoms with van der Waals surface area (Å²) in [7, 11) is 0. The minimum Gasteiger partial charge on any atom is -0.325 e. The Labute approximate surface area is 189 Å². The van der Waals surface area contributed by atoms with Gasteiger partial charge in [-0.1, -0.05) is 68.1 Å². The number of nitrogens with one attached hydrogen (secondary N) is 1. The second-order valence-electron chi connectivity index (χ2n) is 7.47. The molecule has 2 atom stereocenters. The molecule has 1 N–H and O–H groups in total. The number of carbonyl (C=O) groups is 1. The fraction of sp³-hybridized carbons (Fsp3) is 0.292. The summed E-state index contributed by atoms with van der Waals surface area (Å²) < 4.78 is 40.1. The van der Waals surface area contributed by atoms with Crippen LogP contribution >= 0.6 is 11.8 Å². The molecule has 0 aliphatic rings. The first-order valence-electron chi connectivity index (χ1n) is 10.3. The number of nitrogens with zero attached hydrogens (tertiary/aromatic N) is 2. The van der Waals surface area contributed by atoms with E-state index in [1.807, 2.05) is 24.3 Å². The van der Waals surface area contributed by atoms with Crippen LogP contribution in [0.15, 0.2) is 65.8 Å². The molecule has 0 unspecified atom stereocenters. The molecule has 0 saturated carbocycles. The Balaban J connectivity index is 1.77. The molecule has 0 spiro atoms. The molecule has 0 radical (unpaired) electrons. The third-order valence-corrected chi connectivity index (χ3v) is 6.04. The van der Waals surface area contributed by atoms with Gasteiger partial charge in [-0.25, -0.2) is 9.97 Å². The Bertz CT molecular complexity index is 1060. The Kier molecular flexibility index (Phi) is 7.56. The van der Waals surface area contributed by atoms with Crippen LogP contribution in [-0.2, 0) is 11.0 Å². The van der Waals surface area contributed by atoms with Crippen molar-refractivity contribution in [1.29, 1.82) is 0 Å². The fourth-order valence-corrected chi connectivity index (χ4v) is 3.75. The number of hydrogen-bond acceptors (Lipinski definition) is 4. The second-order valence-corrected chi connectivity index (χ2v) is 8.77. The fourth-order valence-electron chi connectivity index (χ4n) is 2.97. The molecule has 8 heteroatoms. The van der Waals surface area contributed by atoms with Crippen molar-refractivity contribution in [2.24, 2.45) is 0 Å². The van der Waals surface area contributed by atoms with Gasteiger partial charge in [0, 0.05) is 11.3 Å². The van der Waals surface area contributed by atoms with E-state index in [-0.39, 0.29) is 16.8 Å². The summed E-state index contributed by atoms with van der Waals surface area (Å²) >= 11 is 0.887. The smallest absolute Gasteiger partial charge is 0.325 e. The number of carbonyl (C=O) groups excluding carboxylic acids is 1. The van der Waals surface area contributed by atoms with E-state index in [9.17, 15) is 18.0 Å². The first-order chi connectivity index (χ1) is 15.2. The van der Waals surface area contributed by atoms with Gasteiger partial charge in [0.1, 0.15) is 5.69 Å². The maximum atomic E-state index is 13.4. The number of halogens is 3. The Hall–Kier alpha value is -2.87. The van der Waals surface area contributed by atoms with E-state index in [1.54, 1.807) is 37.3 Å². The lowest BCUT2D eigenvalue weighted by Gasteiger charge is -2.14. The van der Waals surface area contributed by atoms with Gasteiger partial charge >= 0.3 is 6.18 Å². The first-order valence-corrected chi connectivity index (χ1v) is 11.1. The summed E-state index contributed by atoms with van der Waals surface area (Å²) in [6, 6.07) is 17.1. The van der Waals surface area contributed by atoms with Gasteiger partial charge in [-0.3, -0.25) is 4.79 Å². The van der Waals surface area contributed by atoms with E-state index in [4.69, 9.17) is 0 Å². The number of amides is 1. The van der Waals surface area contributed by atoms with Gasteiger partial charge in [-0.05, 0) is 43.0 Å². The quantitative estimate of drug-likeness (QED) is 0.312. The maximum absolute atomic E-state index is 13.4. The second kappa shape index (κ2) is 10.2. The van der Waals surface area contributed by atoms with Crippen LogP contribution in [0.1, 0.15) is 44.4 Å². The summed E-state index contributed by atoms with van der Waals surface area (Å²) in [5, 5.41) is 2.00. The standard InChI is InChI=1S/C24H24F3N3OS/c1-4-15(2)17-10-12-19(13-11-17)28-22(31)16(3)32-23-29-20(18-8-6-5-7-9-18)14-21(30-23)24(25,26)27/h5-16H,4H2,1-3H3,(H,28,31)/t15-,16+/m1/s1. The van der Waals surface area contributed by atoms with Gasteiger partial charge in [0.05, 0.1) is 10.9 Å². The van der Waals surface area contributed by atoms with Gasteiger partial charge in [0.2, 0.25) is 5.91 Å². The minimum atomic E-state index is -4.62. The molecule has 168 valence electrons. The van der Waals surface area contributed by atoms with Crippen LogP contribution in [-0.4, -0.2) is 21.1 Å². The Morgan fingerprint density at radius 1 is 1.03 bits per heavy atom. The molecule has 4 nitrogen and oxygen atoms in total. The van der Waals surface area contributed by atoms with Crippen LogP contribution in [0.3, 0.4) is 0 Å². The summed E-state index contributed by atoms with van der Waals surface area (Å²) in [4.78, 5) is 20.5. The molecule has 3 aromatic rings. The van der Waals surface area contributed by atoms with Crippen molar-refractivity contribution in [1.82, 2.24) is 9.97 Å². The van der Waals surface area contributed by atoms with Gasteiger partial charge in [-0.2, -0.15) is 13.2 Å².